The van der Waals surface area contributed by atoms with E-state index in [-0.39, 0.29) is 4.90 Å². The standard InChI is InChI=1S/C15H12INO2S/c1-11-3-9-14(10-4-11)20(18,19)15(17-2)12-5-7-13(16)8-6-12/h3-10,15H,1H3/t15-/m1/s1. The summed E-state index contributed by atoms with van der Waals surface area (Å²) in [5, 5.41) is -1.19. The van der Waals surface area contributed by atoms with Gasteiger partial charge in [0.2, 0.25) is 0 Å². The highest BCUT2D eigenvalue weighted by Crippen LogP contribution is 2.30. The minimum absolute atomic E-state index is 0.183. The fourth-order valence-corrected chi connectivity index (χ4v) is 3.59. The Morgan fingerprint density at radius 3 is 2.10 bits per heavy atom. The summed E-state index contributed by atoms with van der Waals surface area (Å²) >= 11 is 2.14. The number of sulfone groups is 1. The molecule has 2 aromatic carbocycles. The van der Waals surface area contributed by atoms with E-state index in [0.717, 1.165) is 9.13 Å². The molecule has 3 nitrogen and oxygen atoms in total. The van der Waals surface area contributed by atoms with Gasteiger partial charge >= 0.3 is 5.37 Å². The fourth-order valence-electron chi connectivity index (χ4n) is 1.81. The van der Waals surface area contributed by atoms with E-state index in [1.807, 2.05) is 6.92 Å². The van der Waals surface area contributed by atoms with Crippen LogP contribution in [0.1, 0.15) is 16.5 Å². The molecular formula is C15H12INO2S. The number of hydrogen-bond acceptors (Lipinski definition) is 2. The van der Waals surface area contributed by atoms with Crippen molar-refractivity contribution in [2.45, 2.75) is 17.2 Å². The van der Waals surface area contributed by atoms with Gasteiger partial charge in [-0.05, 0) is 65.9 Å². The second-order valence-corrected chi connectivity index (χ2v) is 7.64. The molecule has 2 aromatic rings. The summed E-state index contributed by atoms with van der Waals surface area (Å²) in [6.45, 7) is 9.13. The molecule has 0 heterocycles. The van der Waals surface area contributed by atoms with Gasteiger partial charge in [0.1, 0.15) is 0 Å². The molecule has 0 aliphatic carbocycles. The topological polar surface area (TPSA) is 38.5 Å². The molecule has 102 valence electrons. The first kappa shape index (κ1) is 15.0. The zero-order valence-corrected chi connectivity index (χ0v) is 13.7. The number of hydrogen-bond donors (Lipinski definition) is 0. The summed E-state index contributed by atoms with van der Waals surface area (Å²) in [4.78, 5) is 3.50. The Morgan fingerprint density at radius 2 is 1.60 bits per heavy atom. The third-order valence-electron chi connectivity index (χ3n) is 2.92. The average Bonchev–Trinajstić information content (AvgIpc) is 2.42. The van der Waals surface area contributed by atoms with Gasteiger partial charge < -0.3 is 0 Å². The van der Waals surface area contributed by atoms with E-state index in [2.05, 4.69) is 27.4 Å². The summed E-state index contributed by atoms with van der Waals surface area (Å²) < 4.78 is 26.1. The van der Waals surface area contributed by atoms with Gasteiger partial charge in [0, 0.05) is 3.57 Å². The zero-order valence-electron chi connectivity index (χ0n) is 10.7. The van der Waals surface area contributed by atoms with Crippen molar-refractivity contribution in [3.8, 4) is 0 Å². The average molecular weight is 397 g/mol. The zero-order chi connectivity index (χ0) is 14.8. The maximum atomic E-state index is 12.5. The van der Waals surface area contributed by atoms with E-state index in [0.29, 0.717) is 5.56 Å². The van der Waals surface area contributed by atoms with E-state index in [1.165, 1.54) is 0 Å². The van der Waals surface area contributed by atoms with Crippen LogP contribution in [0.5, 0.6) is 0 Å². The minimum atomic E-state index is -3.69. The van der Waals surface area contributed by atoms with Crippen molar-refractivity contribution in [1.29, 1.82) is 0 Å². The van der Waals surface area contributed by atoms with Crippen molar-refractivity contribution in [1.82, 2.24) is 0 Å². The highest BCUT2D eigenvalue weighted by Gasteiger charge is 2.34. The van der Waals surface area contributed by atoms with E-state index in [9.17, 15) is 8.42 Å². The summed E-state index contributed by atoms with van der Waals surface area (Å²) in [5.41, 5.74) is 1.48. The van der Waals surface area contributed by atoms with Gasteiger partial charge in [0.05, 0.1) is 10.5 Å². The van der Waals surface area contributed by atoms with Crippen molar-refractivity contribution in [3.05, 3.63) is 74.6 Å². The molecule has 0 radical (unpaired) electrons. The van der Waals surface area contributed by atoms with Crippen LogP contribution in [0.25, 0.3) is 4.85 Å². The Balaban J connectivity index is 2.48. The fraction of sp³-hybridized carbons (Fsp3) is 0.133. The van der Waals surface area contributed by atoms with Gasteiger partial charge in [0.15, 0.2) is 0 Å². The van der Waals surface area contributed by atoms with Crippen molar-refractivity contribution in [3.63, 3.8) is 0 Å². The highest BCUT2D eigenvalue weighted by atomic mass is 127. The summed E-state index contributed by atoms with van der Waals surface area (Å²) in [6, 6.07) is 13.6. The number of halogens is 1. The second kappa shape index (κ2) is 5.94. The van der Waals surface area contributed by atoms with Crippen molar-refractivity contribution < 1.29 is 8.42 Å². The predicted molar refractivity (Wildman–Crippen MR) is 86.9 cm³/mol. The van der Waals surface area contributed by atoms with Crippen LogP contribution in [0.15, 0.2) is 53.4 Å². The molecule has 0 saturated heterocycles. The molecule has 5 heteroatoms. The van der Waals surface area contributed by atoms with Gasteiger partial charge in [0.25, 0.3) is 9.84 Å². The molecule has 0 N–H and O–H groups in total. The van der Waals surface area contributed by atoms with Crippen LogP contribution in [-0.4, -0.2) is 8.42 Å². The lowest BCUT2D eigenvalue weighted by atomic mass is 10.2. The minimum Gasteiger partial charge on any atom is -0.291 e. The molecule has 0 spiro atoms. The van der Waals surface area contributed by atoms with Crippen LogP contribution in [0.4, 0.5) is 0 Å². The van der Waals surface area contributed by atoms with Gasteiger partial charge in [-0.15, -0.1) is 0 Å². The third-order valence-corrected chi connectivity index (χ3v) is 5.53. The second-order valence-electron chi connectivity index (χ2n) is 4.39. The largest absolute Gasteiger partial charge is 0.350 e. The predicted octanol–water partition coefficient (Wildman–Crippen LogP) is 3.99. The first-order valence-corrected chi connectivity index (χ1v) is 8.50. The summed E-state index contributed by atoms with van der Waals surface area (Å²) in [5.74, 6) is 0. The summed E-state index contributed by atoms with van der Waals surface area (Å²) in [7, 11) is -3.69. The first-order valence-electron chi connectivity index (χ1n) is 5.88. The lowest BCUT2D eigenvalue weighted by molar-refractivity contribution is 0.590. The molecule has 0 aliphatic heterocycles. The smallest absolute Gasteiger partial charge is 0.291 e. The van der Waals surface area contributed by atoms with Crippen molar-refractivity contribution in [2.75, 3.05) is 0 Å². The monoisotopic (exact) mass is 397 g/mol. The molecule has 0 fully saturated rings. The Kier molecular flexibility index (Phi) is 4.45. The Hall–Kier alpha value is -1.39. The number of rotatable bonds is 3. The lowest BCUT2D eigenvalue weighted by Gasteiger charge is -2.08. The molecule has 0 aromatic heterocycles. The van der Waals surface area contributed by atoms with Crippen molar-refractivity contribution >= 4 is 32.4 Å². The molecule has 1 atom stereocenters. The van der Waals surface area contributed by atoms with Gasteiger partial charge in [-0.2, -0.15) is 0 Å². The van der Waals surface area contributed by atoms with Crippen molar-refractivity contribution in [2.24, 2.45) is 0 Å². The SMILES string of the molecule is [C-]#[N+][C@@H](c1ccc(I)cc1)S(=O)(=O)c1ccc(C)cc1. The van der Waals surface area contributed by atoms with Crippen LogP contribution >= 0.6 is 22.6 Å². The lowest BCUT2D eigenvalue weighted by Crippen LogP contribution is -2.10. The summed E-state index contributed by atoms with van der Waals surface area (Å²) in [6.07, 6.45) is 0. The van der Waals surface area contributed by atoms with Crippen LogP contribution in [-0.2, 0) is 9.84 Å². The number of benzene rings is 2. The van der Waals surface area contributed by atoms with E-state index in [4.69, 9.17) is 6.57 Å². The molecular weight excluding hydrogens is 385 g/mol. The van der Waals surface area contributed by atoms with Crippen LogP contribution in [0.3, 0.4) is 0 Å². The van der Waals surface area contributed by atoms with Crippen LogP contribution in [0, 0.1) is 17.1 Å². The van der Waals surface area contributed by atoms with E-state index in [1.54, 1.807) is 48.5 Å². The Bertz CT molecular complexity index is 744. The van der Waals surface area contributed by atoms with Crippen LogP contribution in [0.2, 0.25) is 0 Å². The molecule has 0 amide bonds. The molecule has 0 unspecified atom stereocenters. The molecule has 0 bridgehead atoms. The maximum Gasteiger partial charge on any atom is 0.350 e. The number of nitrogens with zero attached hydrogens (tertiary/aromatic N) is 1. The quantitative estimate of drug-likeness (QED) is 0.580. The molecule has 2 rings (SSSR count). The van der Waals surface area contributed by atoms with E-state index >= 15 is 0 Å². The normalized spacial score (nSPS) is 12.7. The van der Waals surface area contributed by atoms with E-state index < -0.39 is 15.2 Å². The Morgan fingerprint density at radius 1 is 1.05 bits per heavy atom. The van der Waals surface area contributed by atoms with Crippen LogP contribution < -0.4 is 0 Å². The highest BCUT2D eigenvalue weighted by molar-refractivity contribution is 14.1. The van der Waals surface area contributed by atoms with Gasteiger partial charge in [-0.1, -0.05) is 17.7 Å². The maximum absolute atomic E-state index is 12.5. The Labute approximate surface area is 132 Å². The molecule has 0 aliphatic rings. The molecule has 0 saturated carbocycles. The first-order chi connectivity index (χ1) is 9.45. The number of aryl methyl sites for hydroxylation is 1. The van der Waals surface area contributed by atoms with Gasteiger partial charge in [-0.25, -0.2) is 15.0 Å². The van der Waals surface area contributed by atoms with Gasteiger partial charge in [-0.3, -0.25) is 4.85 Å². The molecule has 20 heavy (non-hydrogen) atoms. The third kappa shape index (κ3) is 3.02.